The summed E-state index contributed by atoms with van der Waals surface area (Å²) in [4.78, 5) is 11.6. The lowest BCUT2D eigenvalue weighted by Crippen LogP contribution is -2.05. The number of nitrogens with one attached hydrogen (secondary N) is 1. The van der Waals surface area contributed by atoms with Crippen LogP contribution >= 0.6 is 0 Å². The maximum absolute atomic E-state index is 11.6. The van der Waals surface area contributed by atoms with E-state index in [-0.39, 0.29) is 17.8 Å². The summed E-state index contributed by atoms with van der Waals surface area (Å²) >= 11 is 0. The Labute approximate surface area is 128 Å². The van der Waals surface area contributed by atoms with E-state index in [4.69, 9.17) is 20.7 Å². The van der Waals surface area contributed by atoms with Gasteiger partial charge in [-0.2, -0.15) is 10.5 Å². The van der Waals surface area contributed by atoms with Crippen LogP contribution in [0, 0.1) is 28.1 Å². The third-order valence-corrected chi connectivity index (χ3v) is 2.62. The highest BCUT2D eigenvalue weighted by atomic mass is 16.5. The Hall–Kier alpha value is -3.40. The van der Waals surface area contributed by atoms with Gasteiger partial charge >= 0.3 is 5.97 Å². The first-order valence-corrected chi connectivity index (χ1v) is 6.42. The average Bonchev–Trinajstić information content (AvgIpc) is 2.55. The van der Waals surface area contributed by atoms with Gasteiger partial charge in [-0.05, 0) is 24.4 Å². The second kappa shape index (κ2) is 8.71. The SMILES string of the molecule is CCOC(=O)/C(C#N)=C/C=C(\C(=C=N)C#N)c1ccccc1. The van der Waals surface area contributed by atoms with Gasteiger partial charge in [-0.1, -0.05) is 36.4 Å². The second-order valence-corrected chi connectivity index (χ2v) is 3.97. The number of rotatable bonds is 5. The molecule has 0 heterocycles. The van der Waals surface area contributed by atoms with Crippen molar-refractivity contribution in [3.8, 4) is 12.1 Å². The van der Waals surface area contributed by atoms with E-state index in [1.165, 1.54) is 12.2 Å². The molecule has 0 saturated heterocycles. The number of hydrogen-bond acceptors (Lipinski definition) is 5. The van der Waals surface area contributed by atoms with E-state index in [0.717, 1.165) is 0 Å². The molecule has 1 aromatic carbocycles. The van der Waals surface area contributed by atoms with Gasteiger partial charge in [-0.3, -0.25) is 5.41 Å². The first-order chi connectivity index (χ1) is 10.7. The quantitative estimate of drug-likeness (QED) is 0.296. The van der Waals surface area contributed by atoms with Crippen LogP contribution in [0.1, 0.15) is 12.5 Å². The lowest BCUT2D eigenvalue weighted by atomic mass is 9.98. The predicted molar refractivity (Wildman–Crippen MR) is 81.6 cm³/mol. The topological polar surface area (TPSA) is 97.7 Å². The molecule has 22 heavy (non-hydrogen) atoms. The van der Waals surface area contributed by atoms with E-state index < -0.39 is 5.97 Å². The number of nitriles is 2. The fraction of sp³-hybridized carbons (Fsp3) is 0.118. The molecule has 0 atom stereocenters. The third kappa shape index (κ3) is 4.31. The van der Waals surface area contributed by atoms with Gasteiger partial charge < -0.3 is 4.74 Å². The van der Waals surface area contributed by atoms with Crippen LogP contribution in [0.25, 0.3) is 5.57 Å². The summed E-state index contributed by atoms with van der Waals surface area (Å²) in [5.74, 6) is 1.32. The van der Waals surface area contributed by atoms with Gasteiger partial charge in [0.15, 0.2) is 0 Å². The number of benzene rings is 1. The van der Waals surface area contributed by atoms with Crippen molar-refractivity contribution in [1.29, 1.82) is 15.9 Å². The lowest BCUT2D eigenvalue weighted by Gasteiger charge is -2.03. The van der Waals surface area contributed by atoms with Crippen LogP contribution in [0.5, 0.6) is 0 Å². The van der Waals surface area contributed by atoms with Crippen LogP contribution < -0.4 is 0 Å². The van der Waals surface area contributed by atoms with Gasteiger partial charge in [0, 0.05) is 5.57 Å². The zero-order valence-electron chi connectivity index (χ0n) is 12.0. The molecule has 0 aliphatic carbocycles. The van der Waals surface area contributed by atoms with Crippen molar-refractivity contribution >= 4 is 17.4 Å². The number of nitrogens with zero attached hydrogens (tertiary/aromatic N) is 2. The fourth-order valence-electron chi connectivity index (χ4n) is 1.62. The smallest absolute Gasteiger partial charge is 0.348 e. The highest BCUT2D eigenvalue weighted by Crippen LogP contribution is 2.21. The summed E-state index contributed by atoms with van der Waals surface area (Å²) in [6.07, 6.45) is 2.71. The van der Waals surface area contributed by atoms with E-state index >= 15 is 0 Å². The van der Waals surface area contributed by atoms with Crippen molar-refractivity contribution in [2.75, 3.05) is 6.61 Å². The highest BCUT2D eigenvalue weighted by Gasteiger charge is 2.10. The zero-order chi connectivity index (χ0) is 16.4. The summed E-state index contributed by atoms with van der Waals surface area (Å²) < 4.78 is 4.76. The van der Waals surface area contributed by atoms with E-state index in [9.17, 15) is 4.79 Å². The minimum atomic E-state index is -0.731. The van der Waals surface area contributed by atoms with E-state index in [1.54, 1.807) is 37.3 Å². The summed E-state index contributed by atoms with van der Waals surface area (Å²) in [6, 6.07) is 12.5. The maximum atomic E-state index is 11.6. The van der Waals surface area contributed by atoms with Gasteiger partial charge in [0.25, 0.3) is 0 Å². The minimum Gasteiger partial charge on any atom is -0.462 e. The number of allylic oxidation sites excluding steroid dienone is 4. The number of carbonyl (C=O) groups excluding carboxylic acids is 1. The first kappa shape index (κ1) is 16.7. The second-order valence-electron chi connectivity index (χ2n) is 3.97. The largest absolute Gasteiger partial charge is 0.462 e. The summed E-state index contributed by atoms with van der Waals surface area (Å²) in [7, 11) is 0. The molecule has 1 aromatic rings. The molecule has 1 rings (SSSR count). The molecule has 0 unspecified atom stereocenters. The van der Waals surface area contributed by atoms with Gasteiger partial charge in [-0.25, -0.2) is 4.79 Å². The predicted octanol–water partition coefficient (Wildman–Crippen LogP) is 2.78. The van der Waals surface area contributed by atoms with Gasteiger partial charge in [0.1, 0.15) is 23.3 Å². The van der Waals surface area contributed by atoms with Gasteiger partial charge in [0.05, 0.1) is 6.61 Å². The number of carbonyl (C=O) groups is 1. The van der Waals surface area contributed by atoms with Crippen molar-refractivity contribution < 1.29 is 9.53 Å². The molecule has 0 bridgehead atoms. The number of hydrogen-bond donors (Lipinski definition) is 1. The molecule has 0 spiro atoms. The standard InChI is InChI=1S/C17H13N3O2/c1-2-22-17(21)14(10-18)8-9-16(15(11-19)12-20)13-6-4-3-5-7-13/h3-9,19H,2H2,1H3/b14-8+,16-9-. The monoisotopic (exact) mass is 291 g/mol. The normalized spacial score (nSPS) is 10.9. The van der Waals surface area contributed by atoms with Crippen LogP contribution in [-0.4, -0.2) is 18.4 Å². The molecule has 1 N–H and O–H groups in total. The van der Waals surface area contributed by atoms with Crippen LogP contribution in [0.2, 0.25) is 0 Å². The zero-order valence-corrected chi connectivity index (χ0v) is 12.0. The number of esters is 1. The van der Waals surface area contributed by atoms with E-state index in [0.29, 0.717) is 11.1 Å². The van der Waals surface area contributed by atoms with Crippen LogP contribution in [-0.2, 0) is 9.53 Å². The lowest BCUT2D eigenvalue weighted by molar-refractivity contribution is -0.138. The summed E-state index contributed by atoms with van der Waals surface area (Å²) in [6.45, 7) is 1.81. The molecular formula is C17H13N3O2. The molecule has 108 valence electrons. The van der Waals surface area contributed by atoms with Crippen LogP contribution in [0.3, 0.4) is 0 Å². The Morgan fingerprint density at radius 2 is 1.91 bits per heavy atom. The molecule has 0 amide bonds. The Kier molecular flexibility index (Phi) is 6.59. The van der Waals surface area contributed by atoms with Crippen LogP contribution in [0.4, 0.5) is 0 Å². The minimum absolute atomic E-state index is 0.00333. The molecule has 0 aliphatic heterocycles. The van der Waals surface area contributed by atoms with Crippen molar-refractivity contribution in [2.45, 2.75) is 6.92 Å². The Morgan fingerprint density at radius 1 is 1.23 bits per heavy atom. The molecule has 0 saturated carbocycles. The Balaban J connectivity index is 3.35. The van der Waals surface area contributed by atoms with Gasteiger partial charge in [0.2, 0.25) is 0 Å². The first-order valence-electron chi connectivity index (χ1n) is 6.42. The van der Waals surface area contributed by atoms with Crippen molar-refractivity contribution in [3.63, 3.8) is 0 Å². The van der Waals surface area contributed by atoms with Crippen LogP contribution in [0.15, 0.2) is 53.6 Å². The maximum Gasteiger partial charge on any atom is 0.348 e. The van der Waals surface area contributed by atoms with E-state index in [2.05, 4.69) is 5.87 Å². The molecular weight excluding hydrogens is 278 g/mol. The average molecular weight is 291 g/mol. The van der Waals surface area contributed by atoms with Crippen molar-refractivity contribution in [1.82, 2.24) is 0 Å². The van der Waals surface area contributed by atoms with E-state index in [1.807, 2.05) is 12.1 Å². The molecule has 0 radical (unpaired) electrons. The highest BCUT2D eigenvalue weighted by molar-refractivity contribution is 5.96. The van der Waals surface area contributed by atoms with Crippen molar-refractivity contribution in [2.24, 2.45) is 0 Å². The molecule has 0 fully saturated rings. The summed E-state index contributed by atoms with van der Waals surface area (Å²) in [5.41, 5.74) is 0.896. The number of ether oxygens (including phenoxy) is 1. The third-order valence-electron chi connectivity index (χ3n) is 2.62. The fourth-order valence-corrected chi connectivity index (χ4v) is 1.62. The van der Waals surface area contributed by atoms with Crippen molar-refractivity contribution in [3.05, 3.63) is 59.2 Å². The Morgan fingerprint density at radius 3 is 2.41 bits per heavy atom. The molecule has 5 heteroatoms. The molecule has 0 aliphatic rings. The van der Waals surface area contributed by atoms with Gasteiger partial charge in [-0.15, -0.1) is 0 Å². The Bertz CT molecular complexity index is 740. The molecule has 0 aromatic heterocycles. The summed E-state index contributed by atoms with van der Waals surface area (Å²) in [5, 5.41) is 25.3. The molecule has 5 nitrogen and oxygen atoms in total.